The number of hydrogen-bond acceptors (Lipinski definition) is 4. The Morgan fingerprint density at radius 2 is 1.76 bits per heavy atom. The van der Waals surface area contributed by atoms with Crippen LogP contribution in [0.1, 0.15) is 11.5 Å². The van der Waals surface area contributed by atoms with E-state index < -0.39 is 27.5 Å². The van der Waals surface area contributed by atoms with Gasteiger partial charge in [-0.2, -0.15) is 0 Å². The molecule has 0 aliphatic carbocycles. The van der Waals surface area contributed by atoms with E-state index >= 15 is 0 Å². The molecule has 1 atom stereocenters. The van der Waals surface area contributed by atoms with Crippen molar-refractivity contribution < 1.29 is 18.3 Å². The van der Waals surface area contributed by atoms with E-state index in [1.54, 1.807) is 30.3 Å². The lowest BCUT2D eigenvalue weighted by Gasteiger charge is -2.13. The SMILES string of the molecule is O=C(O)C(CS(=O)(=O)c1ccc2[nH]c(=O)ccc2c1)c1ccccc1. The molecule has 0 fully saturated rings. The van der Waals surface area contributed by atoms with Crippen LogP contribution in [-0.2, 0) is 14.6 Å². The van der Waals surface area contributed by atoms with Crippen LogP contribution in [0.2, 0.25) is 0 Å². The van der Waals surface area contributed by atoms with E-state index in [0.29, 0.717) is 16.5 Å². The summed E-state index contributed by atoms with van der Waals surface area (Å²) in [5.41, 5.74) is 0.672. The molecule has 2 aromatic carbocycles. The standard InChI is InChI=1S/C18H15NO5S/c20-17-9-6-13-10-14(7-8-16(13)19-17)25(23,24)11-15(18(21)22)12-4-2-1-3-5-12/h1-10,15H,11H2,(H,19,20)(H,21,22). The monoisotopic (exact) mass is 357 g/mol. The van der Waals surface area contributed by atoms with Gasteiger partial charge in [0.1, 0.15) is 0 Å². The Morgan fingerprint density at radius 3 is 2.44 bits per heavy atom. The fourth-order valence-corrected chi connectivity index (χ4v) is 4.19. The van der Waals surface area contributed by atoms with Gasteiger partial charge >= 0.3 is 5.97 Å². The number of sulfone groups is 1. The summed E-state index contributed by atoms with van der Waals surface area (Å²) in [6.07, 6.45) is 0. The molecule has 0 saturated carbocycles. The number of carboxylic acids is 1. The fraction of sp³-hybridized carbons (Fsp3) is 0.111. The summed E-state index contributed by atoms with van der Waals surface area (Å²) in [6.45, 7) is 0. The lowest BCUT2D eigenvalue weighted by molar-refractivity contribution is -0.138. The molecule has 2 N–H and O–H groups in total. The minimum absolute atomic E-state index is 0.0224. The molecule has 3 aromatic rings. The van der Waals surface area contributed by atoms with Gasteiger partial charge in [-0.1, -0.05) is 30.3 Å². The summed E-state index contributed by atoms with van der Waals surface area (Å²) in [5, 5.41) is 10.00. The van der Waals surface area contributed by atoms with Crippen molar-refractivity contribution in [2.45, 2.75) is 10.8 Å². The third kappa shape index (κ3) is 3.61. The number of nitrogens with one attached hydrogen (secondary N) is 1. The number of carboxylic acid groups (broad SMARTS) is 1. The molecule has 0 aliphatic rings. The Balaban J connectivity index is 1.99. The second-order valence-electron chi connectivity index (χ2n) is 5.65. The molecule has 0 bridgehead atoms. The van der Waals surface area contributed by atoms with E-state index in [-0.39, 0.29) is 10.5 Å². The van der Waals surface area contributed by atoms with E-state index in [0.717, 1.165) is 0 Å². The highest BCUT2D eigenvalue weighted by Crippen LogP contribution is 2.24. The molecule has 6 nitrogen and oxygen atoms in total. The molecule has 0 amide bonds. The molecule has 7 heteroatoms. The zero-order chi connectivity index (χ0) is 18.0. The van der Waals surface area contributed by atoms with E-state index in [4.69, 9.17) is 0 Å². The number of benzene rings is 2. The van der Waals surface area contributed by atoms with Crippen LogP contribution in [0.4, 0.5) is 0 Å². The molecule has 0 aliphatic heterocycles. The quantitative estimate of drug-likeness (QED) is 0.728. The molecular weight excluding hydrogens is 342 g/mol. The lowest BCUT2D eigenvalue weighted by Crippen LogP contribution is -2.22. The largest absolute Gasteiger partial charge is 0.481 e. The number of aliphatic carboxylic acids is 1. The number of H-pyrrole nitrogens is 1. The number of hydrogen-bond donors (Lipinski definition) is 2. The molecule has 0 spiro atoms. The van der Waals surface area contributed by atoms with Crippen LogP contribution < -0.4 is 5.56 Å². The van der Waals surface area contributed by atoms with Gasteiger partial charge < -0.3 is 10.1 Å². The normalized spacial score (nSPS) is 12.8. The Kier molecular flexibility index (Phi) is 4.41. The maximum atomic E-state index is 12.7. The molecule has 128 valence electrons. The van der Waals surface area contributed by atoms with Gasteiger partial charge in [0.05, 0.1) is 16.6 Å². The smallest absolute Gasteiger partial charge is 0.312 e. The first kappa shape index (κ1) is 16.9. The van der Waals surface area contributed by atoms with Crippen LogP contribution in [0.25, 0.3) is 10.9 Å². The average molecular weight is 357 g/mol. The maximum Gasteiger partial charge on any atom is 0.312 e. The van der Waals surface area contributed by atoms with Crippen molar-refractivity contribution in [1.82, 2.24) is 4.98 Å². The first-order valence-electron chi connectivity index (χ1n) is 7.50. The highest BCUT2D eigenvalue weighted by molar-refractivity contribution is 7.91. The Bertz CT molecular complexity index is 1090. The van der Waals surface area contributed by atoms with Gasteiger partial charge in [0, 0.05) is 11.6 Å². The predicted octanol–water partition coefficient (Wildman–Crippen LogP) is 2.17. The van der Waals surface area contributed by atoms with Gasteiger partial charge in [0.15, 0.2) is 9.84 Å². The van der Waals surface area contributed by atoms with Crippen molar-refractivity contribution in [3.63, 3.8) is 0 Å². The van der Waals surface area contributed by atoms with Crippen molar-refractivity contribution >= 4 is 26.7 Å². The predicted molar refractivity (Wildman–Crippen MR) is 93.4 cm³/mol. The number of aromatic amines is 1. The minimum atomic E-state index is -3.83. The van der Waals surface area contributed by atoms with Crippen LogP contribution in [-0.4, -0.2) is 30.2 Å². The van der Waals surface area contributed by atoms with Crippen molar-refractivity contribution in [3.05, 3.63) is 76.6 Å². The lowest BCUT2D eigenvalue weighted by atomic mass is 10.0. The minimum Gasteiger partial charge on any atom is -0.481 e. The third-order valence-corrected chi connectivity index (χ3v) is 5.68. The number of fused-ring (bicyclic) bond motifs is 1. The Labute approximate surface area is 143 Å². The van der Waals surface area contributed by atoms with Crippen molar-refractivity contribution in [2.75, 3.05) is 5.75 Å². The van der Waals surface area contributed by atoms with E-state index in [1.807, 2.05) is 0 Å². The molecule has 0 radical (unpaired) electrons. The molecule has 25 heavy (non-hydrogen) atoms. The molecular formula is C18H15NO5S. The van der Waals surface area contributed by atoms with Gasteiger partial charge in [0.25, 0.3) is 0 Å². The first-order chi connectivity index (χ1) is 11.9. The summed E-state index contributed by atoms with van der Waals surface area (Å²) < 4.78 is 25.4. The van der Waals surface area contributed by atoms with Crippen LogP contribution in [0.5, 0.6) is 0 Å². The molecule has 0 saturated heterocycles. The van der Waals surface area contributed by atoms with Gasteiger partial charge in [-0.05, 0) is 35.2 Å². The van der Waals surface area contributed by atoms with E-state index in [2.05, 4.69) is 4.98 Å². The summed E-state index contributed by atoms with van der Waals surface area (Å²) in [5.74, 6) is -2.89. The fourth-order valence-electron chi connectivity index (χ4n) is 2.64. The van der Waals surface area contributed by atoms with Crippen LogP contribution >= 0.6 is 0 Å². The Hall–Kier alpha value is -2.93. The highest BCUT2D eigenvalue weighted by Gasteiger charge is 2.28. The zero-order valence-corrected chi connectivity index (χ0v) is 13.9. The summed E-state index contributed by atoms with van der Waals surface area (Å²) in [4.78, 5) is 25.5. The maximum absolute atomic E-state index is 12.7. The number of rotatable bonds is 5. The zero-order valence-electron chi connectivity index (χ0n) is 13.0. The number of aromatic nitrogens is 1. The molecule has 1 heterocycles. The molecule has 3 rings (SSSR count). The summed E-state index contributed by atoms with van der Waals surface area (Å²) >= 11 is 0. The molecule has 1 aromatic heterocycles. The number of pyridine rings is 1. The first-order valence-corrected chi connectivity index (χ1v) is 9.16. The second kappa shape index (κ2) is 6.52. The summed E-state index contributed by atoms with van der Waals surface area (Å²) in [7, 11) is -3.83. The summed E-state index contributed by atoms with van der Waals surface area (Å²) in [6, 6.07) is 15.4. The second-order valence-corrected chi connectivity index (χ2v) is 7.69. The van der Waals surface area contributed by atoms with Gasteiger partial charge in [0.2, 0.25) is 5.56 Å². The van der Waals surface area contributed by atoms with Crippen LogP contribution in [0.15, 0.2) is 70.4 Å². The van der Waals surface area contributed by atoms with Crippen LogP contribution in [0.3, 0.4) is 0 Å². The van der Waals surface area contributed by atoms with E-state index in [1.165, 1.54) is 30.3 Å². The topological polar surface area (TPSA) is 104 Å². The van der Waals surface area contributed by atoms with Gasteiger partial charge in [-0.3, -0.25) is 9.59 Å². The molecule has 1 unspecified atom stereocenters. The van der Waals surface area contributed by atoms with Crippen LogP contribution in [0, 0.1) is 0 Å². The van der Waals surface area contributed by atoms with Gasteiger partial charge in [-0.15, -0.1) is 0 Å². The number of carbonyl (C=O) groups is 1. The van der Waals surface area contributed by atoms with Crippen molar-refractivity contribution in [1.29, 1.82) is 0 Å². The van der Waals surface area contributed by atoms with Crippen molar-refractivity contribution in [2.24, 2.45) is 0 Å². The third-order valence-electron chi connectivity index (χ3n) is 3.94. The van der Waals surface area contributed by atoms with E-state index in [9.17, 15) is 23.1 Å². The van der Waals surface area contributed by atoms with Gasteiger partial charge in [-0.25, -0.2) is 8.42 Å². The van der Waals surface area contributed by atoms with Crippen molar-refractivity contribution in [3.8, 4) is 0 Å². The highest BCUT2D eigenvalue weighted by atomic mass is 32.2. The average Bonchev–Trinajstić information content (AvgIpc) is 2.59. The Morgan fingerprint density at radius 1 is 1.04 bits per heavy atom.